The molecular weight excluding hydrogens is 364 g/mol. The minimum Gasteiger partial charge on any atom is -0.493 e. The molecule has 0 fully saturated rings. The van der Waals surface area contributed by atoms with Gasteiger partial charge in [0.05, 0.1) is 17.8 Å². The van der Waals surface area contributed by atoms with Crippen LogP contribution in [0.1, 0.15) is 11.4 Å². The lowest BCUT2D eigenvalue weighted by molar-refractivity contribution is 0.329. The van der Waals surface area contributed by atoms with Crippen molar-refractivity contribution in [2.24, 2.45) is 5.10 Å². The average molecular weight is 379 g/mol. The maximum absolute atomic E-state index is 5.71. The third kappa shape index (κ3) is 3.92. The highest BCUT2D eigenvalue weighted by molar-refractivity contribution is 9.10. The molecule has 1 heterocycles. The van der Waals surface area contributed by atoms with Crippen molar-refractivity contribution < 1.29 is 9.47 Å². The van der Waals surface area contributed by atoms with Crippen molar-refractivity contribution in [1.29, 1.82) is 0 Å². The lowest BCUT2D eigenvalue weighted by Gasteiger charge is -2.11. The van der Waals surface area contributed by atoms with Crippen LogP contribution in [0, 0.1) is 19.3 Å². The Bertz CT molecular complexity index is 765. The molecule has 0 spiro atoms. The first-order valence-electron chi connectivity index (χ1n) is 6.46. The summed E-state index contributed by atoms with van der Waals surface area (Å²) in [4.78, 5) is 0. The molecule has 8 nitrogen and oxygen atoms in total. The van der Waals surface area contributed by atoms with Crippen LogP contribution in [0.2, 0.25) is 0 Å². The number of aromatic nitrogens is 3. The van der Waals surface area contributed by atoms with E-state index in [0.717, 1.165) is 5.56 Å². The average Bonchev–Trinajstić information content (AvgIpc) is 2.85. The fourth-order valence-corrected chi connectivity index (χ4v) is 2.25. The van der Waals surface area contributed by atoms with Gasteiger partial charge >= 0.3 is 0 Å². The molecule has 23 heavy (non-hydrogen) atoms. The zero-order valence-electron chi connectivity index (χ0n) is 12.6. The summed E-state index contributed by atoms with van der Waals surface area (Å²) >= 11 is 3.42. The summed E-state index contributed by atoms with van der Waals surface area (Å²) in [5.74, 6) is 10.1. The van der Waals surface area contributed by atoms with Crippen molar-refractivity contribution in [3.63, 3.8) is 0 Å². The summed E-state index contributed by atoms with van der Waals surface area (Å²) in [5, 5.41) is 11.7. The van der Waals surface area contributed by atoms with Crippen LogP contribution < -0.4 is 20.7 Å². The topological polar surface area (TPSA) is 99.6 Å². The summed E-state index contributed by atoms with van der Waals surface area (Å²) in [6.45, 7) is 1.88. The molecule has 0 saturated heterocycles. The van der Waals surface area contributed by atoms with E-state index in [0.29, 0.717) is 27.7 Å². The number of nitrogen functional groups attached to an aromatic ring is 1. The number of hydrazone groups is 1. The van der Waals surface area contributed by atoms with Gasteiger partial charge in [0.15, 0.2) is 17.3 Å². The van der Waals surface area contributed by atoms with E-state index in [9.17, 15) is 0 Å². The van der Waals surface area contributed by atoms with E-state index in [2.05, 4.69) is 42.6 Å². The highest BCUT2D eigenvalue weighted by atomic mass is 79.9. The molecule has 0 bridgehead atoms. The molecule has 1 aromatic heterocycles. The second-order valence-corrected chi connectivity index (χ2v) is 5.19. The number of hydrogen-bond acceptors (Lipinski definition) is 7. The van der Waals surface area contributed by atoms with E-state index in [1.807, 2.05) is 6.07 Å². The highest BCUT2D eigenvalue weighted by Gasteiger charge is 2.11. The maximum Gasteiger partial charge on any atom is 0.263 e. The van der Waals surface area contributed by atoms with E-state index in [1.165, 1.54) is 4.68 Å². The molecule has 0 amide bonds. The van der Waals surface area contributed by atoms with Gasteiger partial charge in [0.2, 0.25) is 0 Å². The lowest BCUT2D eigenvalue weighted by Crippen LogP contribution is -2.13. The van der Waals surface area contributed by atoms with Crippen LogP contribution in [0.25, 0.3) is 0 Å². The number of nitrogens with zero attached hydrogens (tertiary/aromatic N) is 4. The van der Waals surface area contributed by atoms with Gasteiger partial charge in [-0.05, 0) is 40.5 Å². The predicted molar refractivity (Wildman–Crippen MR) is 91.1 cm³/mol. The fraction of sp³-hybridized carbons (Fsp3) is 0.214. The largest absolute Gasteiger partial charge is 0.493 e. The Morgan fingerprint density at radius 1 is 1.52 bits per heavy atom. The molecule has 0 atom stereocenters. The van der Waals surface area contributed by atoms with Crippen LogP contribution in [0.4, 0.5) is 5.95 Å². The predicted octanol–water partition coefficient (Wildman–Crippen LogP) is 1.53. The minimum absolute atomic E-state index is 0.148. The number of nitrogens with one attached hydrogen (secondary N) is 1. The molecule has 120 valence electrons. The van der Waals surface area contributed by atoms with Crippen LogP contribution in [-0.4, -0.2) is 34.8 Å². The second kappa shape index (κ2) is 7.51. The summed E-state index contributed by atoms with van der Waals surface area (Å²) in [6.07, 6.45) is 6.78. The Labute approximate surface area is 141 Å². The first-order valence-corrected chi connectivity index (χ1v) is 7.26. The standard InChI is InChI=1S/C14H15BrN6O2/c1-4-5-23-13-11(15)6-10(7-12(13)22-3)8-17-19-14-20-18-9(2)21(14)16/h1,6-8H,5,16H2,2-3H3,(H,19,20). The van der Waals surface area contributed by atoms with Gasteiger partial charge in [-0.2, -0.15) is 5.10 Å². The number of nitrogens with two attached hydrogens (primary N) is 1. The van der Waals surface area contributed by atoms with Crippen LogP contribution in [0.15, 0.2) is 21.7 Å². The summed E-state index contributed by atoms with van der Waals surface area (Å²) in [5.41, 5.74) is 3.48. The molecule has 9 heteroatoms. The van der Waals surface area contributed by atoms with Crippen LogP contribution >= 0.6 is 15.9 Å². The quantitative estimate of drug-likeness (QED) is 0.342. The Morgan fingerprint density at radius 2 is 2.30 bits per heavy atom. The molecule has 3 N–H and O–H groups in total. The van der Waals surface area contributed by atoms with E-state index < -0.39 is 0 Å². The fourth-order valence-electron chi connectivity index (χ4n) is 1.68. The second-order valence-electron chi connectivity index (χ2n) is 4.34. The summed E-state index contributed by atoms with van der Waals surface area (Å²) in [7, 11) is 1.54. The van der Waals surface area contributed by atoms with Crippen LogP contribution in [0.3, 0.4) is 0 Å². The van der Waals surface area contributed by atoms with Crippen molar-refractivity contribution >= 4 is 28.1 Å². The normalized spacial score (nSPS) is 10.5. The molecule has 1 aromatic carbocycles. The van der Waals surface area contributed by atoms with Crippen molar-refractivity contribution in [2.45, 2.75) is 6.92 Å². The van der Waals surface area contributed by atoms with E-state index in [4.69, 9.17) is 21.7 Å². The Morgan fingerprint density at radius 3 is 2.91 bits per heavy atom. The van der Waals surface area contributed by atoms with Crippen LogP contribution in [-0.2, 0) is 0 Å². The van der Waals surface area contributed by atoms with Crippen LogP contribution in [0.5, 0.6) is 11.5 Å². The number of methoxy groups -OCH3 is 1. The van der Waals surface area contributed by atoms with Crippen molar-refractivity contribution in [2.75, 3.05) is 25.0 Å². The first-order chi connectivity index (χ1) is 11.1. The number of terminal acetylenes is 1. The van der Waals surface area contributed by atoms with E-state index in [-0.39, 0.29) is 6.61 Å². The summed E-state index contributed by atoms with van der Waals surface area (Å²) < 4.78 is 12.7. The van der Waals surface area contributed by atoms with Crippen molar-refractivity contribution in [1.82, 2.24) is 14.9 Å². The maximum atomic E-state index is 5.71. The molecule has 2 aromatic rings. The Balaban J connectivity index is 2.17. The number of benzene rings is 1. The number of anilines is 1. The van der Waals surface area contributed by atoms with Gasteiger partial charge in [-0.1, -0.05) is 5.92 Å². The lowest BCUT2D eigenvalue weighted by atomic mass is 10.2. The zero-order chi connectivity index (χ0) is 16.8. The number of rotatable bonds is 6. The number of hydrogen-bond donors (Lipinski definition) is 2. The van der Waals surface area contributed by atoms with Gasteiger partial charge in [0.1, 0.15) is 6.61 Å². The number of aryl methyl sites for hydroxylation is 1. The van der Waals surface area contributed by atoms with Gasteiger partial charge in [-0.3, -0.25) is 0 Å². The third-order valence-corrected chi connectivity index (χ3v) is 3.39. The van der Waals surface area contributed by atoms with E-state index in [1.54, 1.807) is 26.3 Å². The molecule has 0 aliphatic carbocycles. The zero-order valence-corrected chi connectivity index (χ0v) is 14.2. The third-order valence-electron chi connectivity index (χ3n) is 2.80. The minimum atomic E-state index is 0.148. The van der Waals surface area contributed by atoms with Gasteiger partial charge in [-0.15, -0.1) is 16.6 Å². The molecule has 0 aliphatic rings. The smallest absolute Gasteiger partial charge is 0.263 e. The number of ether oxygens (including phenoxy) is 2. The molecular formula is C14H15BrN6O2. The van der Waals surface area contributed by atoms with Gasteiger partial charge in [-0.25, -0.2) is 10.1 Å². The molecule has 0 unspecified atom stereocenters. The Kier molecular flexibility index (Phi) is 5.43. The molecule has 0 saturated carbocycles. The van der Waals surface area contributed by atoms with Crippen molar-refractivity contribution in [3.05, 3.63) is 28.0 Å². The SMILES string of the molecule is C#CCOc1c(Br)cc(C=NNc2nnc(C)n2N)cc1OC. The molecule has 0 aliphatic heterocycles. The van der Waals surface area contributed by atoms with Crippen molar-refractivity contribution in [3.8, 4) is 23.8 Å². The van der Waals surface area contributed by atoms with Gasteiger partial charge < -0.3 is 15.3 Å². The molecule has 0 radical (unpaired) electrons. The molecule has 2 rings (SSSR count). The highest BCUT2D eigenvalue weighted by Crippen LogP contribution is 2.36. The van der Waals surface area contributed by atoms with Gasteiger partial charge in [0.25, 0.3) is 5.95 Å². The Hall–Kier alpha value is -2.73. The summed E-state index contributed by atoms with van der Waals surface area (Å²) in [6, 6.07) is 3.58. The van der Waals surface area contributed by atoms with Gasteiger partial charge in [0, 0.05) is 0 Å². The first kappa shape index (κ1) is 16.6. The number of halogens is 1. The monoisotopic (exact) mass is 378 g/mol. The van der Waals surface area contributed by atoms with E-state index >= 15 is 0 Å².